The highest BCUT2D eigenvalue weighted by Crippen LogP contribution is 2.04. The van der Waals surface area contributed by atoms with Crippen molar-refractivity contribution >= 4 is 5.97 Å². The second-order valence-electron chi connectivity index (χ2n) is 2.31. The van der Waals surface area contributed by atoms with Gasteiger partial charge in [0.15, 0.2) is 0 Å². The highest BCUT2D eigenvalue weighted by atomic mass is 19.1. The van der Waals surface area contributed by atoms with Crippen molar-refractivity contribution in [1.82, 2.24) is 0 Å². The Balaban J connectivity index is 3.63. The van der Waals surface area contributed by atoms with Gasteiger partial charge in [0.25, 0.3) is 0 Å². The molecule has 0 aromatic rings. The van der Waals surface area contributed by atoms with Crippen LogP contribution >= 0.6 is 0 Å². The fourth-order valence-corrected chi connectivity index (χ4v) is 0.647. The normalized spacial score (nSPS) is 15.9. The molecule has 0 aromatic heterocycles. The van der Waals surface area contributed by atoms with Crippen LogP contribution in [0.1, 0.15) is 12.8 Å². The van der Waals surface area contributed by atoms with Gasteiger partial charge in [-0.3, -0.25) is 4.79 Å². The van der Waals surface area contributed by atoms with E-state index in [-0.39, 0.29) is 6.42 Å². The number of hydrogen-bond donors (Lipinski definition) is 3. The fourth-order valence-electron chi connectivity index (χ4n) is 0.647. The van der Waals surface area contributed by atoms with Crippen LogP contribution in [0.3, 0.4) is 0 Å². The molecule has 0 aliphatic carbocycles. The van der Waals surface area contributed by atoms with Crippen molar-refractivity contribution in [3.63, 3.8) is 0 Å². The van der Waals surface area contributed by atoms with E-state index in [2.05, 4.69) is 0 Å². The molecule has 0 aliphatic heterocycles. The fraction of sp³-hybridized carbons (Fsp3) is 0.833. The number of hydrogen-bond acceptors (Lipinski definition) is 3. The minimum atomic E-state index is -1.49. The average Bonchev–Trinajstić information content (AvgIpc) is 1.98. The molecule has 5 N–H and O–H groups in total. The van der Waals surface area contributed by atoms with E-state index in [4.69, 9.17) is 16.6 Å². The summed E-state index contributed by atoms with van der Waals surface area (Å²) in [4.78, 5) is 10.1. The lowest BCUT2D eigenvalue weighted by Gasteiger charge is -2.10. The molecule has 0 amide bonds. The Labute approximate surface area is 64.4 Å². The first kappa shape index (κ1) is 10.3. The maximum Gasteiger partial charge on any atom is 0.323 e. The van der Waals surface area contributed by atoms with Gasteiger partial charge in [0.05, 0.1) is 0 Å². The second-order valence-corrected chi connectivity index (χ2v) is 2.31. The third-order valence-corrected chi connectivity index (χ3v) is 1.36. The molecule has 5 heteroatoms. The summed E-state index contributed by atoms with van der Waals surface area (Å²) in [6.07, 6.45) is -0.914. The van der Waals surface area contributed by atoms with Crippen molar-refractivity contribution in [2.75, 3.05) is 6.54 Å². The van der Waals surface area contributed by atoms with Gasteiger partial charge in [-0.05, 0) is 19.4 Å². The molecule has 0 rings (SSSR count). The van der Waals surface area contributed by atoms with E-state index in [0.29, 0.717) is 13.0 Å². The zero-order chi connectivity index (χ0) is 8.85. The maximum atomic E-state index is 12.7. The molecule has 0 aromatic carbocycles. The van der Waals surface area contributed by atoms with Gasteiger partial charge in [-0.2, -0.15) is 0 Å². The van der Waals surface area contributed by atoms with E-state index >= 15 is 0 Å². The zero-order valence-corrected chi connectivity index (χ0v) is 6.16. The number of carboxylic acid groups (broad SMARTS) is 1. The SMILES string of the molecule is NCCCC(F)[C@H](N)C(=O)O. The second kappa shape index (κ2) is 5.03. The minimum Gasteiger partial charge on any atom is -0.480 e. The van der Waals surface area contributed by atoms with Crippen molar-refractivity contribution in [3.8, 4) is 0 Å². The number of rotatable bonds is 5. The first-order chi connectivity index (χ1) is 5.09. The van der Waals surface area contributed by atoms with Crippen LogP contribution in [0.2, 0.25) is 0 Å². The molecule has 1 unspecified atom stereocenters. The van der Waals surface area contributed by atoms with Crippen LogP contribution < -0.4 is 11.5 Å². The largest absolute Gasteiger partial charge is 0.480 e. The van der Waals surface area contributed by atoms with Gasteiger partial charge in [0, 0.05) is 0 Å². The summed E-state index contributed by atoms with van der Waals surface area (Å²) in [5, 5.41) is 8.26. The summed E-state index contributed by atoms with van der Waals surface area (Å²) in [6, 6.07) is -1.42. The highest BCUT2D eigenvalue weighted by Gasteiger charge is 2.22. The summed E-state index contributed by atoms with van der Waals surface area (Å²) in [6.45, 7) is 0.354. The Hall–Kier alpha value is -0.680. The first-order valence-corrected chi connectivity index (χ1v) is 3.42. The predicted octanol–water partition coefficient (Wildman–Crippen LogP) is -0.525. The molecule has 0 saturated heterocycles. The molecule has 2 atom stereocenters. The lowest BCUT2D eigenvalue weighted by Crippen LogP contribution is -2.39. The van der Waals surface area contributed by atoms with Gasteiger partial charge >= 0.3 is 5.97 Å². The predicted molar refractivity (Wildman–Crippen MR) is 38.8 cm³/mol. The summed E-state index contributed by atoms with van der Waals surface area (Å²) in [7, 11) is 0. The van der Waals surface area contributed by atoms with Crippen LogP contribution in [0, 0.1) is 0 Å². The Morgan fingerprint density at radius 1 is 1.64 bits per heavy atom. The molecule has 4 nitrogen and oxygen atoms in total. The van der Waals surface area contributed by atoms with Crippen molar-refractivity contribution in [3.05, 3.63) is 0 Å². The Kier molecular flexibility index (Phi) is 4.72. The van der Waals surface area contributed by atoms with Crippen molar-refractivity contribution in [1.29, 1.82) is 0 Å². The first-order valence-electron chi connectivity index (χ1n) is 3.42. The monoisotopic (exact) mass is 164 g/mol. The van der Waals surface area contributed by atoms with Crippen LogP contribution in [0.4, 0.5) is 4.39 Å². The van der Waals surface area contributed by atoms with E-state index < -0.39 is 18.2 Å². The maximum absolute atomic E-state index is 12.7. The summed E-state index contributed by atoms with van der Waals surface area (Å²) < 4.78 is 12.7. The number of alkyl halides is 1. The van der Waals surface area contributed by atoms with Crippen LogP contribution in [0.5, 0.6) is 0 Å². The van der Waals surface area contributed by atoms with Gasteiger partial charge in [-0.1, -0.05) is 0 Å². The Bertz CT molecular complexity index is 132. The third-order valence-electron chi connectivity index (χ3n) is 1.36. The van der Waals surface area contributed by atoms with E-state index in [1.165, 1.54) is 0 Å². The molecule has 0 heterocycles. The average molecular weight is 164 g/mol. The van der Waals surface area contributed by atoms with Gasteiger partial charge in [-0.25, -0.2) is 4.39 Å². The molecule has 0 spiro atoms. The number of aliphatic carboxylic acids is 1. The minimum absolute atomic E-state index is 0.115. The molecule has 0 radical (unpaired) electrons. The molecule has 0 bridgehead atoms. The number of halogens is 1. The Morgan fingerprint density at radius 2 is 2.18 bits per heavy atom. The van der Waals surface area contributed by atoms with Crippen LogP contribution in [0.25, 0.3) is 0 Å². The van der Waals surface area contributed by atoms with Gasteiger partial charge in [0.2, 0.25) is 0 Å². The number of carbonyl (C=O) groups is 1. The van der Waals surface area contributed by atoms with Crippen molar-refractivity contribution in [2.24, 2.45) is 11.5 Å². The molecular formula is C6H13FN2O2. The van der Waals surface area contributed by atoms with E-state index in [1.54, 1.807) is 0 Å². The summed E-state index contributed by atoms with van der Waals surface area (Å²) >= 11 is 0. The lowest BCUT2D eigenvalue weighted by molar-refractivity contribution is -0.140. The molecule has 0 fully saturated rings. The van der Waals surface area contributed by atoms with Gasteiger partial charge < -0.3 is 16.6 Å². The van der Waals surface area contributed by atoms with Crippen molar-refractivity contribution < 1.29 is 14.3 Å². The smallest absolute Gasteiger partial charge is 0.323 e. The van der Waals surface area contributed by atoms with Crippen LogP contribution in [0.15, 0.2) is 0 Å². The lowest BCUT2D eigenvalue weighted by atomic mass is 10.1. The Morgan fingerprint density at radius 3 is 2.55 bits per heavy atom. The highest BCUT2D eigenvalue weighted by molar-refractivity contribution is 5.73. The number of nitrogens with two attached hydrogens (primary N) is 2. The van der Waals surface area contributed by atoms with Gasteiger partial charge in [-0.15, -0.1) is 0 Å². The molecule has 66 valence electrons. The van der Waals surface area contributed by atoms with Crippen molar-refractivity contribution in [2.45, 2.75) is 25.1 Å². The summed E-state index contributed by atoms with van der Waals surface area (Å²) in [5.74, 6) is -1.31. The standard InChI is InChI=1S/C6H13FN2O2/c7-4(2-1-3-8)5(9)6(10)11/h4-5H,1-3,8-9H2,(H,10,11)/t4?,5-/m0/s1. The molecular weight excluding hydrogens is 151 g/mol. The summed E-state index contributed by atoms with van der Waals surface area (Å²) in [5.41, 5.74) is 10.1. The van der Waals surface area contributed by atoms with Crippen LogP contribution in [-0.4, -0.2) is 29.8 Å². The van der Waals surface area contributed by atoms with E-state index in [9.17, 15) is 9.18 Å². The van der Waals surface area contributed by atoms with Crippen LogP contribution in [-0.2, 0) is 4.79 Å². The topological polar surface area (TPSA) is 89.3 Å². The molecule has 11 heavy (non-hydrogen) atoms. The van der Waals surface area contributed by atoms with E-state index in [1.807, 2.05) is 0 Å². The quantitative estimate of drug-likeness (QED) is 0.509. The molecule has 0 saturated carbocycles. The zero-order valence-electron chi connectivity index (χ0n) is 6.16. The van der Waals surface area contributed by atoms with Gasteiger partial charge in [0.1, 0.15) is 12.2 Å². The number of carboxylic acids is 1. The van der Waals surface area contributed by atoms with E-state index in [0.717, 1.165) is 0 Å². The molecule has 0 aliphatic rings. The third kappa shape index (κ3) is 3.90.